The Morgan fingerprint density at radius 3 is 2.67 bits per heavy atom. The third-order valence-electron chi connectivity index (χ3n) is 3.31. The summed E-state index contributed by atoms with van der Waals surface area (Å²) >= 11 is 0. The molecule has 2 heterocycles. The number of nitrogens with one attached hydrogen (secondary N) is 1. The van der Waals surface area contributed by atoms with Crippen LogP contribution in [-0.2, 0) is 0 Å². The zero-order chi connectivity index (χ0) is 13.0. The Bertz CT molecular complexity index is 356. The lowest BCUT2D eigenvalue weighted by Crippen LogP contribution is -2.40. The van der Waals surface area contributed by atoms with E-state index >= 15 is 0 Å². The van der Waals surface area contributed by atoms with Crippen LogP contribution in [0.2, 0.25) is 0 Å². The van der Waals surface area contributed by atoms with Crippen molar-refractivity contribution in [2.75, 3.05) is 25.0 Å². The number of pyridine rings is 1. The topological polar surface area (TPSA) is 28.2 Å². The molecule has 4 heteroatoms. The summed E-state index contributed by atoms with van der Waals surface area (Å²) in [6.45, 7) is 7.99. The Hall–Kier alpha value is -1.16. The molecule has 100 valence electrons. The van der Waals surface area contributed by atoms with Gasteiger partial charge in [0.05, 0.1) is 11.9 Å². The van der Waals surface area contributed by atoms with Crippen LogP contribution < -0.4 is 5.32 Å². The fourth-order valence-electron chi connectivity index (χ4n) is 2.47. The van der Waals surface area contributed by atoms with Crippen molar-refractivity contribution in [2.24, 2.45) is 5.92 Å². The first kappa shape index (κ1) is 13.3. The lowest BCUT2D eigenvalue weighted by molar-refractivity contribution is 0.198. The molecule has 3 nitrogen and oxygen atoms in total. The van der Waals surface area contributed by atoms with Crippen LogP contribution in [0.5, 0.6) is 0 Å². The minimum absolute atomic E-state index is 0.424. The van der Waals surface area contributed by atoms with E-state index in [0.29, 0.717) is 6.04 Å². The van der Waals surface area contributed by atoms with Crippen LogP contribution in [0.25, 0.3) is 0 Å². The van der Waals surface area contributed by atoms with E-state index in [1.54, 1.807) is 12.3 Å². The van der Waals surface area contributed by atoms with Crippen molar-refractivity contribution < 1.29 is 4.39 Å². The van der Waals surface area contributed by atoms with Gasteiger partial charge < -0.3 is 10.2 Å². The van der Waals surface area contributed by atoms with Gasteiger partial charge in [0.15, 0.2) is 0 Å². The van der Waals surface area contributed by atoms with Crippen molar-refractivity contribution in [2.45, 2.75) is 32.7 Å². The predicted octanol–water partition coefficient (Wildman–Crippen LogP) is 2.75. The van der Waals surface area contributed by atoms with Gasteiger partial charge in [0.2, 0.25) is 5.95 Å². The average Bonchev–Trinajstić information content (AvgIpc) is 2.34. The molecule has 18 heavy (non-hydrogen) atoms. The molecule has 0 aromatic carbocycles. The molecule has 2 rings (SSSR count). The highest BCUT2D eigenvalue weighted by Gasteiger charge is 2.19. The van der Waals surface area contributed by atoms with Gasteiger partial charge in [-0.15, -0.1) is 0 Å². The summed E-state index contributed by atoms with van der Waals surface area (Å²) in [5.74, 6) is 0.308. The first-order valence-electron chi connectivity index (χ1n) is 6.74. The molecule has 1 aromatic heterocycles. The molecule has 0 bridgehead atoms. The van der Waals surface area contributed by atoms with Crippen LogP contribution in [0.3, 0.4) is 0 Å². The molecular formula is C14H22FN3. The maximum absolute atomic E-state index is 12.7. The van der Waals surface area contributed by atoms with Gasteiger partial charge in [0, 0.05) is 25.7 Å². The third-order valence-corrected chi connectivity index (χ3v) is 3.31. The zero-order valence-corrected chi connectivity index (χ0v) is 11.2. The van der Waals surface area contributed by atoms with E-state index in [4.69, 9.17) is 0 Å². The number of rotatable bonds is 4. The fraction of sp³-hybridized carbons (Fsp3) is 0.643. The van der Waals surface area contributed by atoms with Gasteiger partial charge in [-0.3, -0.25) is 0 Å². The first-order chi connectivity index (χ1) is 8.63. The second-order valence-corrected chi connectivity index (χ2v) is 5.48. The van der Waals surface area contributed by atoms with Crippen molar-refractivity contribution in [1.29, 1.82) is 0 Å². The number of aromatic nitrogens is 1. The van der Waals surface area contributed by atoms with Crippen LogP contribution in [-0.4, -0.2) is 35.6 Å². The van der Waals surface area contributed by atoms with Gasteiger partial charge in [0.25, 0.3) is 0 Å². The number of likely N-dealkylation sites (tertiary alicyclic amines) is 1. The van der Waals surface area contributed by atoms with Crippen molar-refractivity contribution in [3.63, 3.8) is 0 Å². The highest BCUT2D eigenvalue weighted by atomic mass is 19.1. The smallest absolute Gasteiger partial charge is 0.212 e. The number of nitrogens with zero attached hydrogens (tertiary/aromatic N) is 2. The normalized spacial score (nSPS) is 18.2. The Kier molecular flexibility index (Phi) is 4.53. The molecule has 1 aromatic rings. The molecule has 0 saturated carbocycles. The molecule has 1 N–H and O–H groups in total. The summed E-state index contributed by atoms with van der Waals surface area (Å²) in [5, 5.41) is 3.43. The fourth-order valence-corrected chi connectivity index (χ4v) is 2.47. The van der Waals surface area contributed by atoms with Gasteiger partial charge >= 0.3 is 0 Å². The largest absolute Gasteiger partial charge is 0.381 e. The van der Waals surface area contributed by atoms with E-state index in [2.05, 4.69) is 29.0 Å². The van der Waals surface area contributed by atoms with Crippen molar-refractivity contribution in [3.8, 4) is 0 Å². The van der Waals surface area contributed by atoms with Crippen LogP contribution in [0.4, 0.5) is 10.1 Å². The summed E-state index contributed by atoms with van der Waals surface area (Å²) in [5.41, 5.74) is 0.915. The number of hydrogen-bond donors (Lipinski definition) is 1. The first-order valence-corrected chi connectivity index (χ1v) is 6.74. The Morgan fingerprint density at radius 1 is 1.39 bits per heavy atom. The lowest BCUT2D eigenvalue weighted by atomic mass is 10.0. The number of hydrogen-bond acceptors (Lipinski definition) is 3. The maximum Gasteiger partial charge on any atom is 0.212 e. The van der Waals surface area contributed by atoms with E-state index < -0.39 is 5.95 Å². The minimum Gasteiger partial charge on any atom is -0.381 e. The molecule has 0 spiro atoms. The molecule has 0 atom stereocenters. The van der Waals surface area contributed by atoms with Gasteiger partial charge in [-0.2, -0.15) is 4.39 Å². The third kappa shape index (κ3) is 3.95. The maximum atomic E-state index is 12.7. The van der Waals surface area contributed by atoms with Gasteiger partial charge in [-0.25, -0.2) is 4.98 Å². The van der Waals surface area contributed by atoms with Crippen LogP contribution >= 0.6 is 0 Å². The molecule has 1 saturated heterocycles. The second kappa shape index (κ2) is 6.14. The molecule has 0 unspecified atom stereocenters. The lowest BCUT2D eigenvalue weighted by Gasteiger charge is -2.33. The molecule has 1 aliphatic rings. The van der Waals surface area contributed by atoms with Crippen molar-refractivity contribution in [1.82, 2.24) is 9.88 Å². The van der Waals surface area contributed by atoms with E-state index in [1.807, 2.05) is 0 Å². The summed E-state index contributed by atoms with van der Waals surface area (Å²) in [6, 6.07) is 3.64. The number of piperidine rings is 1. The predicted molar refractivity (Wildman–Crippen MR) is 72.1 cm³/mol. The summed E-state index contributed by atoms with van der Waals surface area (Å²) in [4.78, 5) is 6.18. The number of anilines is 1. The molecule has 1 aliphatic heterocycles. The van der Waals surface area contributed by atoms with Gasteiger partial charge in [0.1, 0.15) is 0 Å². The second-order valence-electron chi connectivity index (χ2n) is 5.48. The standard InChI is InChI=1S/C14H22FN3/c1-11(2)10-18-7-5-12(6-8-18)17-13-3-4-14(15)16-9-13/h3-4,9,11-12,17H,5-8,10H2,1-2H3. The molecular weight excluding hydrogens is 229 g/mol. The molecule has 0 aliphatic carbocycles. The molecule has 0 amide bonds. The van der Waals surface area contributed by atoms with E-state index in [9.17, 15) is 4.39 Å². The quantitative estimate of drug-likeness (QED) is 0.834. The SMILES string of the molecule is CC(C)CN1CCC(Nc2ccc(F)nc2)CC1. The van der Waals surface area contributed by atoms with Crippen LogP contribution in [0.15, 0.2) is 18.3 Å². The monoisotopic (exact) mass is 251 g/mol. The van der Waals surface area contributed by atoms with E-state index in [0.717, 1.165) is 37.5 Å². The van der Waals surface area contributed by atoms with E-state index in [-0.39, 0.29) is 0 Å². The number of halogens is 1. The molecule has 0 radical (unpaired) electrons. The summed E-state index contributed by atoms with van der Waals surface area (Å²) in [7, 11) is 0. The highest BCUT2D eigenvalue weighted by Crippen LogP contribution is 2.16. The Balaban J connectivity index is 1.78. The average molecular weight is 251 g/mol. The highest BCUT2D eigenvalue weighted by molar-refractivity contribution is 5.41. The molecule has 1 fully saturated rings. The van der Waals surface area contributed by atoms with Crippen LogP contribution in [0.1, 0.15) is 26.7 Å². The Morgan fingerprint density at radius 2 is 2.11 bits per heavy atom. The van der Waals surface area contributed by atoms with E-state index in [1.165, 1.54) is 12.6 Å². The van der Waals surface area contributed by atoms with Gasteiger partial charge in [-0.05, 0) is 30.9 Å². The van der Waals surface area contributed by atoms with Gasteiger partial charge in [-0.1, -0.05) is 13.8 Å². The zero-order valence-electron chi connectivity index (χ0n) is 11.2. The van der Waals surface area contributed by atoms with Crippen molar-refractivity contribution >= 4 is 5.69 Å². The Labute approximate surface area is 108 Å². The minimum atomic E-state index is -0.424. The van der Waals surface area contributed by atoms with Crippen molar-refractivity contribution in [3.05, 3.63) is 24.3 Å². The summed E-state index contributed by atoms with van der Waals surface area (Å²) in [6.07, 6.45) is 3.85. The van der Waals surface area contributed by atoms with Crippen LogP contribution in [0, 0.1) is 11.9 Å². The summed E-state index contributed by atoms with van der Waals surface area (Å²) < 4.78 is 12.7.